The molecule has 0 aliphatic carbocycles. The number of rotatable bonds is 5. The van der Waals surface area contributed by atoms with Crippen molar-refractivity contribution in [2.45, 2.75) is 53.6 Å². The van der Waals surface area contributed by atoms with Crippen LogP contribution < -0.4 is 10.1 Å². The zero-order valence-corrected chi connectivity index (χ0v) is 13.1. The standard InChI is InChI=1S/C17H27NO/c1-7-8-9-19-16-13(2)10-15(11-14(16)3)12-18-17(4,5)6/h7-8,10-11,18H,9,12H2,1-6H3. The molecule has 0 atom stereocenters. The molecule has 2 nitrogen and oxygen atoms in total. The zero-order chi connectivity index (χ0) is 14.5. The van der Waals surface area contributed by atoms with E-state index in [1.807, 2.05) is 19.1 Å². The molecule has 0 fully saturated rings. The molecule has 0 amide bonds. The highest BCUT2D eigenvalue weighted by molar-refractivity contribution is 5.43. The average Bonchev–Trinajstić information content (AvgIpc) is 2.29. The summed E-state index contributed by atoms with van der Waals surface area (Å²) in [5.74, 6) is 1.01. The van der Waals surface area contributed by atoms with Crippen LogP contribution in [0.1, 0.15) is 44.4 Å². The predicted octanol–water partition coefficient (Wildman–Crippen LogP) is 4.15. The Kier molecular flexibility index (Phi) is 5.61. The Labute approximate surface area is 117 Å². The van der Waals surface area contributed by atoms with Crippen LogP contribution in [0, 0.1) is 13.8 Å². The summed E-state index contributed by atoms with van der Waals surface area (Å²) >= 11 is 0. The quantitative estimate of drug-likeness (QED) is 0.804. The van der Waals surface area contributed by atoms with E-state index in [1.54, 1.807) is 0 Å². The Morgan fingerprint density at radius 1 is 1.16 bits per heavy atom. The van der Waals surface area contributed by atoms with Gasteiger partial charge in [-0.25, -0.2) is 0 Å². The molecule has 0 saturated carbocycles. The van der Waals surface area contributed by atoms with Crippen LogP contribution in [-0.4, -0.2) is 12.1 Å². The van der Waals surface area contributed by atoms with E-state index in [0.717, 1.165) is 12.3 Å². The van der Waals surface area contributed by atoms with Crippen molar-refractivity contribution in [3.63, 3.8) is 0 Å². The van der Waals surface area contributed by atoms with Crippen molar-refractivity contribution in [1.29, 1.82) is 0 Å². The van der Waals surface area contributed by atoms with Crippen LogP contribution in [0.5, 0.6) is 5.75 Å². The molecule has 0 bridgehead atoms. The molecule has 0 radical (unpaired) electrons. The number of hydrogen-bond acceptors (Lipinski definition) is 2. The van der Waals surface area contributed by atoms with Crippen LogP contribution in [0.4, 0.5) is 0 Å². The smallest absolute Gasteiger partial charge is 0.125 e. The molecule has 0 saturated heterocycles. The second-order valence-electron chi connectivity index (χ2n) is 6.04. The van der Waals surface area contributed by atoms with Crippen molar-refractivity contribution >= 4 is 0 Å². The first-order valence-electron chi connectivity index (χ1n) is 6.92. The fourth-order valence-corrected chi connectivity index (χ4v) is 1.96. The lowest BCUT2D eigenvalue weighted by Gasteiger charge is -2.21. The number of benzene rings is 1. The van der Waals surface area contributed by atoms with E-state index in [-0.39, 0.29) is 5.54 Å². The summed E-state index contributed by atoms with van der Waals surface area (Å²) in [7, 11) is 0. The molecule has 0 heterocycles. The van der Waals surface area contributed by atoms with Gasteiger partial charge in [-0.05, 0) is 58.2 Å². The Hall–Kier alpha value is -1.28. The molecule has 0 aliphatic rings. The number of aryl methyl sites for hydroxylation is 2. The fourth-order valence-electron chi connectivity index (χ4n) is 1.96. The highest BCUT2D eigenvalue weighted by Gasteiger charge is 2.10. The van der Waals surface area contributed by atoms with Crippen molar-refractivity contribution in [3.8, 4) is 5.75 Å². The maximum absolute atomic E-state index is 5.80. The SMILES string of the molecule is CC=CCOc1c(C)cc(CNC(C)(C)C)cc1C. The lowest BCUT2D eigenvalue weighted by molar-refractivity contribution is 0.357. The molecule has 1 aromatic carbocycles. The van der Waals surface area contributed by atoms with Crippen LogP contribution in [0.2, 0.25) is 0 Å². The summed E-state index contributed by atoms with van der Waals surface area (Å²) in [6, 6.07) is 4.41. The summed E-state index contributed by atoms with van der Waals surface area (Å²) in [6.45, 7) is 14.3. The van der Waals surface area contributed by atoms with Crippen molar-refractivity contribution in [3.05, 3.63) is 41.0 Å². The van der Waals surface area contributed by atoms with E-state index in [0.29, 0.717) is 6.61 Å². The van der Waals surface area contributed by atoms with Gasteiger partial charge in [0.2, 0.25) is 0 Å². The molecule has 1 aromatic rings. The summed E-state index contributed by atoms with van der Waals surface area (Å²) in [6.07, 6.45) is 4.03. The van der Waals surface area contributed by atoms with E-state index >= 15 is 0 Å². The predicted molar refractivity (Wildman–Crippen MR) is 82.8 cm³/mol. The van der Waals surface area contributed by atoms with Gasteiger partial charge in [0.25, 0.3) is 0 Å². The second kappa shape index (κ2) is 6.76. The van der Waals surface area contributed by atoms with Crippen LogP contribution in [0.3, 0.4) is 0 Å². The van der Waals surface area contributed by atoms with Crippen LogP contribution in [0.15, 0.2) is 24.3 Å². The molecule has 1 N–H and O–H groups in total. The zero-order valence-electron chi connectivity index (χ0n) is 13.1. The number of allylic oxidation sites excluding steroid dienone is 1. The lowest BCUT2D eigenvalue weighted by Crippen LogP contribution is -2.35. The van der Waals surface area contributed by atoms with Gasteiger partial charge in [-0.15, -0.1) is 0 Å². The van der Waals surface area contributed by atoms with Crippen molar-refractivity contribution in [1.82, 2.24) is 5.32 Å². The fraction of sp³-hybridized carbons (Fsp3) is 0.529. The third kappa shape index (κ3) is 5.48. The molecule has 0 aromatic heterocycles. The van der Waals surface area contributed by atoms with E-state index in [9.17, 15) is 0 Å². The Balaban J connectivity index is 2.78. The average molecular weight is 261 g/mol. The highest BCUT2D eigenvalue weighted by atomic mass is 16.5. The molecule has 2 heteroatoms. The summed E-state index contributed by atoms with van der Waals surface area (Å²) < 4.78 is 5.80. The number of ether oxygens (including phenoxy) is 1. The van der Waals surface area contributed by atoms with Gasteiger partial charge in [0.05, 0.1) is 0 Å². The van der Waals surface area contributed by atoms with Gasteiger partial charge >= 0.3 is 0 Å². The molecule has 0 aliphatic heterocycles. The molecule has 106 valence electrons. The number of hydrogen-bond donors (Lipinski definition) is 1. The van der Waals surface area contributed by atoms with Crippen LogP contribution in [-0.2, 0) is 6.54 Å². The minimum Gasteiger partial charge on any atom is -0.489 e. The minimum absolute atomic E-state index is 0.142. The molecular weight excluding hydrogens is 234 g/mol. The van der Waals surface area contributed by atoms with E-state index in [2.05, 4.69) is 52.1 Å². The highest BCUT2D eigenvalue weighted by Crippen LogP contribution is 2.25. The monoisotopic (exact) mass is 261 g/mol. The maximum Gasteiger partial charge on any atom is 0.125 e. The van der Waals surface area contributed by atoms with Gasteiger partial charge in [-0.1, -0.05) is 24.3 Å². The number of nitrogens with one attached hydrogen (secondary N) is 1. The molecule has 0 spiro atoms. The maximum atomic E-state index is 5.80. The first-order chi connectivity index (χ1) is 8.83. The topological polar surface area (TPSA) is 21.3 Å². The third-order valence-electron chi connectivity index (χ3n) is 2.90. The lowest BCUT2D eigenvalue weighted by atomic mass is 10.0. The Morgan fingerprint density at radius 2 is 1.74 bits per heavy atom. The molecule has 0 unspecified atom stereocenters. The summed E-state index contributed by atoms with van der Waals surface area (Å²) in [5.41, 5.74) is 3.86. The van der Waals surface area contributed by atoms with Gasteiger partial charge < -0.3 is 10.1 Å². The molecule has 19 heavy (non-hydrogen) atoms. The molecule has 1 rings (SSSR count). The first kappa shape index (κ1) is 15.8. The van der Waals surface area contributed by atoms with Crippen molar-refractivity contribution in [2.75, 3.05) is 6.61 Å². The van der Waals surface area contributed by atoms with E-state index in [1.165, 1.54) is 16.7 Å². The minimum atomic E-state index is 0.142. The second-order valence-corrected chi connectivity index (χ2v) is 6.04. The largest absolute Gasteiger partial charge is 0.489 e. The van der Waals surface area contributed by atoms with Crippen LogP contribution in [0.25, 0.3) is 0 Å². The first-order valence-corrected chi connectivity index (χ1v) is 6.92. The van der Waals surface area contributed by atoms with E-state index in [4.69, 9.17) is 4.74 Å². The van der Waals surface area contributed by atoms with Gasteiger partial charge in [-0.3, -0.25) is 0 Å². The van der Waals surface area contributed by atoms with Crippen molar-refractivity contribution in [2.24, 2.45) is 0 Å². The Bertz CT molecular complexity index is 418. The van der Waals surface area contributed by atoms with Gasteiger partial charge in [-0.2, -0.15) is 0 Å². The van der Waals surface area contributed by atoms with Crippen molar-refractivity contribution < 1.29 is 4.74 Å². The third-order valence-corrected chi connectivity index (χ3v) is 2.90. The van der Waals surface area contributed by atoms with Crippen LogP contribution >= 0.6 is 0 Å². The molecular formula is C17H27NO. The van der Waals surface area contributed by atoms with Gasteiger partial charge in [0.1, 0.15) is 12.4 Å². The van der Waals surface area contributed by atoms with E-state index < -0.39 is 0 Å². The summed E-state index contributed by atoms with van der Waals surface area (Å²) in [5, 5.41) is 3.51. The van der Waals surface area contributed by atoms with Gasteiger partial charge in [0, 0.05) is 12.1 Å². The Morgan fingerprint density at radius 3 is 2.21 bits per heavy atom. The van der Waals surface area contributed by atoms with Gasteiger partial charge in [0.15, 0.2) is 0 Å². The summed E-state index contributed by atoms with van der Waals surface area (Å²) in [4.78, 5) is 0. The normalized spacial score (nSPS) is 12.1.